The highest BCUT2D eigenvalue weighted by atomic mass is 35.5. The van der Waals surface area contributed by atoms with Crippen LogP contribution < -0.4 is 16.4 Å². The largest absolute Gasteiger partial charge is 0.387 e. The van der Waals surface area contributed by atoms with Crippen molar-refractivity contribution in [3.8, 4) is 0 Å². The van der Waals surface area contributed by atoms with E-state index in [-0.39, 0.29) is 11.5 Å². The Labute approximate surface area is 132 Å². The Hall–Kier alpha value is -2.60. The van der Waals surface area contributed by atoms with E-state index in [4.69, 9.17) is 17.3 Å². The molecule has 0 heterocycles. The van der Waals surface area contributed by atoms with E-state index in [0.717, 1.165) is 5.69 Å². The molecule has 0 saturated heterocycles. The second-order valence-corrected chi connectivity index (χ2v) is 5.06. The van der Waals surface area contributed by atoms with E-state index < -0.39 is 6.03 Å². The van der Waals surface area contributed by atoms with Crippen LogP contribution in [0.3, 0.4) is 0 Å². The van der Waals surface area contributed by atoms with Crippen LogP contribution in [0.25, 0.3) is 0 Å². The number of primary amides is 1. The number of carbonyl (C=O) groups is 2. The van der Waals surface area contributed by atoms with E-state index in [1.165, 1.54) is 6.08 Å². The molecular weight excluding hydrogens is 304 g/mol. The molecule has 0 saturated carbocycles. The number of hydrogen-bond donors (Lipinski definition) is 3. The zero-order chi connectivity index (χ0) is 16.3. The molecule has 0 fully saturated rings. The minimum absolute atomic E-state index is 0.203. The molecule has 0 aromatic heterocycles. The van der Waals surface area contributed by atoms with Gasteiger partial charge < -0.3 is 16.4 Å². The summed E-state index contributed by atoms with van der Waals surface area (Å²) in [5.41, 5.74) is 7.70. The molecule has 4 N–H and O–H groups in total. The number of aliphatic imine (C=N–C) groups is 1. The minimum atomic E-state index is -0.761. The third-order valence-electron chi connectivity index (χ3n) is 3.02. The number of nitrogens with two attached hydrogens (primary N) is 1. The van der Waals surface area contributed by atoms with E-state index in [0.29, 0.717) is 22.0 Å². The number of ketones is 1. The summed E-state index contributed by atoms with van der Waals surface area (Å²) in [4.78, 5) is 27.2. The lowest BCUT2D eigenvalue weighted by Gasteiger charge is -2.14. The number of urea groups is 1. The highest BCUT2D eigenvalue weighted by Crippen LogP contribution is 2.27. The summed E-state index contributed by atoms with van der Waals surface area (Å²) in [5.74, 6) is -0.203. The summed E-state index contributed by atoms with van der Waals surface area (Å²) in [6.45, 7) is 1.67. The molecule has 7 heteroatoms. The van der Waals surface area contributed by atoms with E-state index in [9.17, 15) is 9.59 Å². The van der Waals surface area contributed by atoms with Gasteiger partial charge in [0.1, 0.15) is 0 Å². The predicted octanol–water partition coefficient (Wildman–Crippen LogP) is 2.54. The van der Waals surface area contributed by atoms with Crippen LogP contribution in [0.4, 0.5) is 16.2 Å². The van der Waals surface area contributed by atoms with Crippen LogP contribution in [0.2, 0.25) is 5.02 Å². The maximum Gasteiger partial charge on any atom is 0.316 e. The summed E-state index contributed by atoms with van der Waals surface area (Å²) >= 11 is 6.11. The van der Waals surface area contributed by atoms with Gasteiger partial charge in [0, 0.05) is 13.1 Å². The van der Waals surface area contributed by atoms with E-state index >= 15 is 0 Å². The third kappa shape index (κ3) is 3.53. The van der Waals surface area contributed by atoms with Gasteiger partial charge in [-0.3, -0.25) is 4.79 Å². The summed E-state index contributed by atoms with van der Waals surface area (Å²) in [6.07, 6.45) is 2.88. The number of halogens is 1. The van der Waals surface area contributed by atoms with Crippen LogP contribution >= 0.6 is 11.6 Å². The molecule has 0 aliphatic heterocycles. The monoisotopic (exact) mass is 318 g/mol. The fourth-order valence-electron chi connectivity index (χ4n) is 1.91. The molecule has 2 amide bonds. The molecule has 0 radical (unpaired) electrons. The van der Waals surface area contributed by atoms with Gasteiger partial charge in [0.2, 0.25) is 0 Å². The molecule has 6 nitrogen and oxygen atoms in total. The van der Waals surface area contributed by atoms with Crippen molar-refractivity contribution in [3.05, 3.63) is 46.6 Å². The molecule has 1 aliphatic rings. The Morgan fingerprint density at radius 3 is 2.64 bits per heavy atom. The van der Waals surface area contributed by atoms with Crippen molar-refractivity contribution >= 4 is 40.5 Å². The Kier molecular flexibility index (Phi) is 4.62. The smallest absolute Gasteiger partial charge is 0.316 e. The molecule has 0 spiro atoms. The summed E-state index contributed by atoms with van der Waals surface area (Å²) in [7, 11) is 1.77. The predicted molar refractivity (Wildman–Crippen MR) is 87.7 cm³/mol. The van der Waals surface area contributed by atoms with Gasteiger partial charge in [-0.1, -0.05) is 11.6 Å². The number of allylic oxidation sites excluding steroid dienone is 3. The highest BCUT2D eigenvalue weighted by Gasteiger charge is 2.17. The Morgan fingerprint density at radius 1 is 1.32 bits per heavy atom. The normalized spacial score (nSPS) is 16.1. The van der Waals surface area contributed by atoms with Crippen LogP contribution in [0.1, 0.15) is 6.92 Å². The molecule has 114 valence electrons. The van der Waals surface area contributed by atoms with Crippen molar-refractivity contribution in [2.75, 3.05) is 12.4 Å². The first-order chi connectivity index (χ1) is 10.4. The topological polar surface area (TPSA) is 96.6 Å². The third-order valence-corrected chi connectivity index (χ3v) is 3.34. The Bertz CT molecular complexity index is 735. The van der Waals surface area contributed by atoms with Gasteiger partial charge in [-0.2, -0.15) is 0 Å². The maximum absolute atomic E-state index is 11.7. The van der Waals surface area contributed by atoms with Crippen LogP contribution in [0.5, 0.6) is 0 Å². The maximum atomic E-state index is 11.7. The average Bonchev–Trinajstić information content (AvgIpc) is 2.44. The fraction of sp³-hybridized carbons (Fsp3) is 0.133. The fourth-order valence-corrected chi connectivity index (χ4v) is 2.18. The molecule has 1 aromatic rings. The van der Waals surface area contributed by atoms with Gasteiger partial charge in [0.25, 0.3) is 0 Å². The lowest BCUT2D eigenvalue weighted by Crippen LogP contribution is -2.33. The van der Waals surface area contributed by atoms with Gasteiger partial charge >= 0.3 is 6.03 Å². The van der Waals surface area contributed by atoms with Gasteiger partial charge in [-0.25, -0.2) is 9.79 Å². The summed E-state index contributed by atoms with van der Waals surface area (Å²) < 4.78 is 0. The molecule has 22 heavy (non-hydrogen) atoms. The van der Waals surface area contributed by atoms with Crippen LogP contribution in [-0.2, 0) is 4.79 Å². The van der Waals surface area contributed by atoms with Crippen molar-refractivity contribution in [3.63, 3.8) is 0 Å². The van der Waals surface area contributed by atoms with Crippen molar-refractivity contribution < 1.29 is 9.59 Å². The number of hydrogen-bond acceptors (Lipinski definition) is 4. The molecule has 0 atom stereocenters. The Morgan fingerprint density at radius 2 is 2.05 bits per heavy atom. The van der Waals surface area contributed by atoms with Crippen molar-refractivity contribution in [2.45, 2.75) is 6.92 Å². The summed E-state index contributed by atoms with van der Waals surface area (Å²) in [6, 6.07) is 4.48. The van der Waals surface area contributed by atoms with E-state index in [2.05, 4.69) is 15.6 Å². The lowest BCUT2D eigenvalue weighted by molar-refractivity contribution is -0.111. The van der Waals surface area contributed by atoms with E-state index in [1.807, 2.05) is 0 Å². The minimum Gasteiger partial charge on any atom is -0.387 e. The van der Waals surface area contributed by atoms with Crippen molar-refractivity contribution in [1.29, 1.82) is 0 Å². The highest BCUT2D eigenvalue weighted by molar-refractivity contribution is 6.33. The molecule has 1 aromatic carbocycles. The van der Waals surface area contributed by atoms with Crippen LogP contribution in [-0.4, -0.2) is 24.6 Å². The first-order valence-electron chi connectivity index (χ1n) is 6.48. The number of nitrogens with zero attached hydrogens (tertiary/aromatic N) is 1. The van der Waals surface area contributed by atoms with Gasteiger partial charge in [0.15, 0.2) is 5.78 Å². The second kappa shape index (κ2) is 6.44. The number of benzene rings is 1. The number of rotatable bonds is 3. The zero-order valence-electron chi connectivity index (χ0n) is 12.1. The SMILES string of the molecule is CNc1ccc(N=C2C=C(C)C(=O)C=C2NC(N)=O)cc1Cl. The summed E-state index contributed by atoms with van der Waals surface area (Å²) in [5, 5.41) is 5.87. The Balaban J connectivity index is 2.42. The van der Waals surface area contributed by atoms with Gasteiger partial charge in [0.05, 0.1) is 27.8 Å². The van der Waals surface area contributed by atoms with Crippen molar-refractivity contribution in [1.82, 2.24) is 5.32 Å². The molecule has 2 rings (SSSR count). The zero-order valence-corrected chi connectivity index (χ0v) is 12.9. The molecule has 0 bridgehead atoms. The standard InChI is InChI=1S/C15H15ClN4O2/c1-8-5-12(13(7-14(8)21)20-15(17)22)19-9-3-4-11(18-2)10(16)6-9/h3-7,18H,1-2H3,(H3,17,20,22). The second-order valence-electron chi connectivity index (χ2n) is 4.65. The van der Waals surface area contributed by atoms with Gasteiger partial charge in [-0.05, 0) is 36.8 Å². The average molecular weight is 319 g/mol. The van der Waals surface area contributed by atoms with E-state index in [1.54, 1.807) is 38.2 Å². The molecule has 1 aliphatic carbocycles. The number of nitrogens with one attached hydrogen (secondary N) is 2. The number of carbonyl (C=O) groups excluding carboxylic acids is 2. The number of anilines is 1. The van der Waals surface area contributed by atoms with Crippen LogP contribution in [0, 0.1) is 0 Å². The first-order valence-corrected chi connectivity index (χ1v) is 6.85. The molecule has 0 unspecified atom stereocenters. The number of amides is 2. The quantitative estimate of drug-likeness (QED) is 0.747. The van der Waals surface area contributed by atoms with Gasteiger partial charge in [-0.15, -0.1) is 0 Å². The lowest BCUT2D eigenvalue weighted by atomic mass is 10.0. The molecular formula is C15H15ClN4O2. The van der Waals surface area contributed by atoms with Crippen LogP contribution in [0.15, 0.2) is 46.6 Å². The first kappa shape index (κ1) is 15.8. The van der Waals surface area contributed by atoms with Crippen molar-refractivity contribution in [2.24, 2.45) is 10.7 Å².